The number of aromatic nitrogens is 1. The summed E-state index contributed by atoms with van der Waals surface area (Å²) in [5.41, 5.74) is 5.33. The predicted octanol–water partition coefficient (Wildman–Crippen LogP) is 2.44. The first-order chi connectivity index (χ1) is 11.4. The van der Waals surface area contributed by atoms with Gasteiger partial charge in [0.25, 0.3) is 5.91 Å². The fourth-order valence-corrected chi connectivity index (χ4v) is 2.93. The third-order valence-electron chi connectivity index (χ3n) is 4.38. The highest BCUT2D eigenvalue weighted by Gasteiger charge is 2.23. The van der Waals surface area contributed by atoms with Gasteiger partial charge >= 0.3 is 5.97 Å². The molecule has 0 fully saturated rings. The normalized spacial score (nSPS) is 15.8. The number of amides is 1. The van der Waals surface area contributed by atoms with Crippen molar-refractivity contribution in [1.82, 2.24) is 10.3 Å². The lowest BCUT2D eigenvalue weighted by molar-refractivity contribution is -0.140. The molecule has 0 atom stereocenters. The molecule has 6 heteroatoms. The smallest absolute Gasteiger partial charge is 0.305 e. The van der Waals surface area contributed by atoms with E-state index >= 15 is 0 Å². The Hall–Kier alpha value is -2.63. The van der Waals surface area contributed by atoms with E-state index in [4.69, 9.17) is 0 Å². The van der Waals surface area contributed by atoms with E-state index in [1.807, 2.05) is 19.9 Å². The molecular formula is C18H22N2O4. The van der Waals surface area contributed by atoms with Gasteiger partial charge in [-0.3, -0.25) is 14.4 Å². The number of hydrogen-bond donors (Lipinski definition) is 2. The van der Waals surface area contributed by atoms with Gasteiger partial charge < -0.3 is 15.0 Å². The molecule has 0 radical (unpaired) electrons. The summed E-state index contributed by atoms with van der Waals surface area (Å²) >= 11 is 0. The minimum atomic E-state index is -0.317. The number of ether oxygens (including phenoxy) is 1. The summed E-state index contributed by atoms with van der Waals surface area (Å²) in [6.07, 6.45) is 3.97. The Labute approximate surface area is 141 Å². The van der Waals surface area contributed by atoms with Crippen molar-refractivity contribution in [3.63, 3.8) is 0 Å². The number of carbonyl (C=O) groups is 3. The lowest BCUT2D eigenvalue weighted by Crippen LogP contribution is -2.15. The van der Waals surface area contributed by atoms with Gasteiger partial charge in [0.15, 0.2) is 6.29 Å². The number of methoxy groups -OCH3 is 1. The van der Waals surface area contributed by atoms with Crippen molar-refractivity contribution in [1.29, 1.82) is 0 Å². The minimum Gasteiger partial charge on any atom is -0.469 e. The van der Waals surface area contributed by atoms with Crippen molar-refractivity contribution in [3.05, 3.63) is 39.4 Å². The maximum atomic E-state index is 11.8. The minimum absolute atomic E-state index is 0.0937. The first kappa shape index (κ1) is 17.7. The zero-order chi connectivity index (χ0) is 17.9. The summed E-state index contributed by atoms with van der Waals surface area (Å²) in [6.45, 7) is 5.68. The zero-order valence-corrected chi connectivity index (χ0v) is 14.4. The Bertz CT molecular complexity index is 753. The van der Waals surface area contributed by atoms with Crippen molar-refractivity contribution >= 4 is 24.2 Å². The quantitative estimate of drug-likeness (QED) is 0.619. The molecular weight excluding hydrogens is 308 g/mol. The van der Waals surface area contributed by atoms with Gasteiger partial charge in [-0.05, 0) is 49.5 Å². The maximum Gasteiger partial charge on any atom is 0.305 e. The average Bonchev–Trinajstić information content (AvgIpc) is 3.02. The van der Waals surface area contributed by atoms with E-state index in [1.165, 1.54) is 7.11 Å². The summed E-state index contributed by atoms with van der Waals surface area (Å²) < 4.78 is 4.65. The molecule has 1 aromatic heterocycles. The second kappa shape index (κ2) is 7.29. The standard InChI is InChI=1S/C18H22N2O4/c1-5-12-11(3)18(23)20-15(12)8-14-10(2)13(16(9-21)19-14)6-7-17(22)24-4/h8-9,19H,5-7H2,1-4H3,(H,20,23)/b15-8-. The highest BCUT2D eigenvalue weighted by Crippen LogP contribution is 2.27. The van der Waals surface area contributed by atoms with Gasteiger partial charge in [-0.15, -0.1) is 0 Å². The Morgan fingerprint density at radius 1 is 1.25 bits per heavy atom. The summed E-state index contributed by atoms with van der Waals surface area (Å²) in [5.74, 6) is -0.411. The summed E-state index contributed by atoms with van der Waals surface area (Å²) in [6, 6.07) is 0. The topological polar surface area (TPSA) is 88.3 Å². The largest absolute Gasteiger partial charge is 0.469 e. The highest BCUT2D eigenvalue weighted by molar-refractivity contribution is 6.01. The molecule has 2 rings (SSSR count). The molecule has 0 spiro atoms. The number of esters is 1. The Morgan fingerprint density at radius 3 is 2.54 bits per heavy atom. The van der Waals surface area contributed by atoms with E-state index in [9.17, 15) is 14.4 Å². The number of allylic oxidation sites excluding steroid dienone is 1. The number of hydrogen-bond acceptors (Lipinski definition) is 4. The lowest BCUT2D eigenvalue weighted by atomic mass is 10.0. The van der Waals surface area contributed by atoms with Crippen LogP contribution in [0.15, 0.2) is 16.8 Å². The van der Waals surface area contributed by atoms with Crippen LogP contribution in [0.5, 0.6) is 0 Å². The molecule has 1 amide bonds. The van der Waals surface area contributed by atoms with E-state index in [0.717, 1.165) is 46.4 Å². The maximum absolute atomic E-state index is 11.8. The first-order valence-electron chi connectivity index (χ1n) is 7.89. The molecule has 0 aromatic carbocycles. The van der Waals surface area contributed by atoms with Crippen molar-refractivity contribution in [2.75, 3.05) is 7.11 Å². The third-order valence-corrected chi connectivity index (χ3v) is 4.38. The van der Waals surface area contributed by atoms with Crippen LogP contribution in [0.3, 0.4) is 0 Å². The van der Waals surface area contributed by atoms with Crippen LogP contribution in [0.1, 0.15) is 54.0 Å². The van der Waals surface area contributed by atoms with Crippen LogP contribution >= 0.6 is 0 Å². The van der Waals surface area contributed by atoms with Gasteiger partial charge in [-0.1, -0.05) is 6.92 Å². The van der Waals surface area contributed by atoms with E-state index in [-0.39, 0.29) is 18.3 Å². The second-order valence-electron chi connectivity index (χ2n) is 5.72. The van der Waals surface area contributed by atoms with Crippen molar-refractivity contribution in [2.45, 2.75) is 40.0 Å². The van der Waals surface area contributed by atoms with Crippen molar-refractivity contribution < 1.29 is 19.1 Å². The molecule has 1 aliphatic rings. The molecule has 1 aromatic rings. The van der Waals surface area contributed by atoms with Crippen LogP contribution in [0.25, 0.3) is 6.08 Å². The summed E-state index contributed by atoms with van der Waals surface area (Å²) in [7, 11) is 1.34. The van der Waals surface area contributed by atoms with Crippen LogP contribution in [-0.2, 0) is 20.7 Å². The van der Waals surface area contributed by atoms with Crippen LogP contribution < -0.4 is 5.32 Å². The fourth-order valence-electron chi connectivity index (χ4n) is 2.93. The molecule has 2 heterocycles. The van der Waals surface area contributed by atoms with Gasteiger partial charge in [0.2, 0.25) is 0 Å². The number of H-pyrrole nitrogens is 1. The Balaban J connectivity index is 2.37. The van der Waals surface area contributed by atoms with E-state index in [0.29, 0.717) is 12.1 Å². The molecule has 0 saturated carbocycles. The molecule has 0 unspecified atom stereocenters. The molecule has 0 bridgehead atoms. The summed E-state index contributed by atoms with van der Waals surface area (Å²) in [4.78, 5) is 37.6. The van der Waals surface area contributed by atoms with Crippen molar-refractivity contribution in [3.8, 4) is 0 Å². The zero-order valence-electron chi connectivity index (χ0n) is 14.4. The van der Waals surface area contributed by atoms with Gasteiger partial charge in [0.05, 0.1) is 12.8 Å². The second-order valence-corrected chi connectivity index (χ2v) is 5.72. The molecule has 0 saturated heterocycles. The fraction of sp³-hybridized carbons (Fsp3) is 0.389. The molecule has 6 nitrogen and oxygen atoms in total. The average molecular weight is 330 g/mol. The van der Waals surface area contributed by atoms with Gasteiger partial charge in [0.1, 0.15) is 0 Å². The van der Waals surface area contributed by atoms with Crippen LogP contribution in [0.4, 0.5) is 0 Å². The number of aldehydes is 1. The molecule has 0 aliphatic carbocycles. The third kappa shape index (κ3) is 3.32. The van der Waals surface area contributed by atoms with E-state index < -0.39 is 0 Å². The number of aromatic amines is 1. The van der Waals surface area contributed by atoms with Crippen LogP contribution in [-0.4, -0.2) is 30.3 Å². The van der Waals surface area contributed by atoms with Crippen molar-refractivity contribution in [2.24, 2.45) is 0 Å². The highest BCUT2D eigenvalue weighted by atomic mass is 16.5. The molecule has 128 valence electrons. The van der Waals surface area contributed by atoms with Gasteiger partial charge in [-0.25, -0.2) is 0 Å². The Kier molecular flexibility index (Phi) is 5.39. The number of rotatable bonds is 6. The Morgan fingerprint density at radius 2 is 1.96 bits per heavy atom. The number of carbonyl (C=O) groups excluding carboxylic acids is 3. The molecule has 2 N–H and O–H groups in total. The van der Waals surface area contributed by atoms with Crippen LogP contribution in [0.2, 0.25) is 0 Å². The predicted molar refractivity (Wildman–Crippen MR) is 90.4 cm³/mol. The van der Waals surface area contributed by atoms with E-state index in [1.54, 1.807) is 6.92 Å². The van der Waals surface area contributed by atoms with Gasteiger partial charge in [0, 0.05) is 23.4 Å². The molecule has 24 heavy (non-hydrogen) atoms. The van der Waals surface area contributed by atoms with Crippen LogP contribution in [0, 0.1) is 6.92 Å². The monoisotopic (exact) mass is 330 g/mol. The first-order valence-corrected chi connectivity index (χ1v) is 7.89. The SMILES string of the molecule is CCC1=C(C)C(=O)N/C1=C\c1[nH]c(C=O)c(CCC(=O)OC)c1C. The number of nitrogens with one attached hydrogen (secondary N) is 2. The molecule has 1 aliphatic heterocycles. The van der Waals surface area contributed by atoms with E-state index in [2.05, 4.69) is 15.0 Å². The van der Waals surface area contributed by atoms with Gasteiger partial charge in [-0.2, -0.15) is 0 Å². The lowest BCUT2D eigenvalue weighted by Gasteiger charge is -2.04. The summed E-state index contributed by atoms with van der Waals surface area (Å²) in [5, 5.41) is 2.85.